The van der Waals surface area contributed by atoms with Crippen LogP contribution in [0.1, 0.15) is 46.0 Å². The molecule has 1 amide bonds. The molecule has 1 N–H and O–H groups in total. The largest absolute Gasteiger partial charge is 0.496 e. The van der Waals surface area contributed by atoms with Crippen LogP contribution in [0.2, 0.25) is 0 Å². The molecule has 2 unspecified atom stereocenters. The Labute approximate surface area is 193 Å². The topological polar surface area (TPSA) is 96.4 Å². The van der Waals surface area contributed by atoms with Gasteiger partial charge < -0.3 is 24.4 Å². The maximum Gasteiger partial charge on any atom is 0.336 e. The van der Waals surface area contributed by atoms with Crippen LogP contribution in [-0.4, -0.2) is 78.1 Å². The van der Waals surface area contributed by atoms with E-state index in [4.69, 9.17) is 9.47 Å². The van der Waals surface area contributed by atoms with Gasteiger partial charge in [0.05, 0.1) is 35.0 Å². The minimum Gasteiger partial charge on any atom is -0.496 e. The van der Waals surface area contributed by atoms with Gasteiger partial charge in [0, 0.05) is 25.1 Å². The smallest absolute Gasteiger partial charge is 0.336 e. The number of hydrogen-bond donors (Lipinski definition) is 1. The number of nitrogens with zero attached hydrogens (tertiary/aromatic N) is 2. The van der Waals surface area contributed by atoms with Crippen molar-refractivity contribution < 1.29 is 29.0 Å². The summed E-state index contributed by atoms with van der Waals surface area (Å²) in [7, 11) is 0. The van der Waals surface area contributed by atoms with Crippen molar-refractivity contribution in [1.29, 1.82) is 0 Å². The van der Waals surface area contributed by atoms with Gasteiger partial charge in [-0.25, -0.2) is 4.79 Å². The highest BCUT2D eigenvalue weighted by Gasteiger charge is 2.50. The minimum absolute atomic E-state index is 0.0620. The minimum atomic E-state index is -0.763. The Bertz CT molecular complexity index is 985. The molecule has 178 valence electrons. The number of β-amino-alcohol motifs (C(OH)–C–C–N with tert-alkyl or cyclic N) is 1. The number of likely N-dealkylation sites (tertiary alicyclic amines) is 2. The van der Waals surface area contributed by atoms with Crippen LogP contribution in [0.25, 0.3) is 0 Å². The quantitative estimate of drug-likeness (QED) is 0.629. The van der Waals surface area contributed by atoms with Crippen LogP contribution in [-0.2, 0) is 23.9 Å². The first-order valence-corrected chi connectivity index (χ1v) is 12.0. The molecule has 0 radical (unpaired) electrons. The van der Waals surface area contributed by atoms with E-state index >= 15 is 0 Å². The van der Waals surface area contributed by atoms with Gasteiger partial charge in [-0.15, -0.1) is 0 Å². The molecule has 5 aliphatic rings. The van der Waals surface area contributed by atoms with Gasteiger partial charge in [0.15, 0.2) is 0 Å². The van der Waals surface area contributed by atoms with E-state index in [0.29, 0.717) is 50.5 Å². The zero-order valence-corrected chi connectivity index (χ0v) is 19.4. The SMILES string of the molecule is CCC1=C2COC=C2CC(=O)C1C(O)CN1CCC2(CC1)CCN(C1=C(C)C(=O)OC1)C2=O. The second kappa shape index (κ2) is 8.40. The van der Waals surface area contributed by atoms with Crippen LogP contribution in [0.15, 0.2) is 34.3 Å². The summed E-state index contributed by atoms with van der Waals surface area (Å²) >= 11 is 0. The number of aliphatic hydroxyl groups excluding tert-OH is 1. The molecule has 33 heavy (non-hydrogen) atoms. The fraction of sp³-hybridized carbons (Fsp3) is 0.640. The zero-order chi connectivity index (χ0) is 23.3. The lowest BCUT2D eigenvalue weighted by Gasteiger charge is -2.40. The van der Waals surface area contributed by atoms with E-state index in [-0.39, 0.29) is 24.3 Å². The van der Waals surface area contributed by atoms with Crippen LogP contribution in [0, 0.1) is 11.3 Å². The van der Waals surface area contributed by atoms with Crippen LogP contribution < -0.4 is 0 Å². The van der Waals surface area contributed by atoms with Gasteiger partial charge in [-0.2, -0.15) is 0 Å². The number of hydrogen-bond acceptors (Lipinski definition) is 7. The van der Waals surface area contributed by atoms with Gasteiger partial charge in [-0.05, 0) is 51.3 Å². The van der Waals surface area contributed by atoms with Crippen molar-refractivity contribution in [3.8, 4) is 0 Å². The van der Waals surface area contributed by atoms with E-state index in [1.807, 2.05) is 6.92 Å². The van der Waals surface area contributed by atoms with E-state index in [9.17, 15) is 19.5 Å². The van der Waals surface area contributed by atoms with Gasteiger partial charge in [-0.3, -0.25) is 9.59 Å². The number of ether oxygens (including phenoxy) is 2. The Morgan fingerprint density at radius 1 is 1.15 bits per heavy atom. The summed E-state index contributed by atoms with van der Waals surface area (Å²) in [5.41, 5.74) is 3.90. The molecule has 2 fully saturated rings. The number of cyclic esters (lactones) is 1. The number of carbonyl (C=O) groups excluding carboxylic acids is 3. The van der Waals surface area contributed by atoms with Crippen molar-refractivity contribution in [3.05, 3.63) is 34.3 Å². The Balaban J connectivity index is 1.23. The maximum atomic E-state index is 13.3. The number of piperidine rings is 1. The average Bonchev–Trinajstić information content (AvgIpc) is 3.48. The van der Waals surface area contributed by atoms with Crippen LogP contribution in [0.4, 0.5) is 0 Å². The highest BCUT2D eigenvalue weighted by molar-refractivity contribution is 5.94. The normalized spacial score (nSPS) is 28.5. The van der Waals surface area contributed by atoms with E-state index in [0.717, 1.165) is 42.4 Å². The van der Waals surface area contributed by atoms with Gasteiger partial charge in [0.25, 0.3) is 0 Å². The number of carbonyl (C=O) groups is 3. The molecule has 2 saturated heterocycles. The Hall–Kier alpha value is -2.45. The first kappa shape index (κ1) is 22.3. The second-order valence-corrected chi connectivity index (χ2v) is 9.94. The Morgan fingerprint density at radius 2 is 1.88 bits per heavy atom. The average molecular weight is 457 g/mol. The summed E-state index contributed by atoms with van der Waals surface area (Å²) in [6, 6.07) is 0. The summed E-state index contributed by atoms with van der Waals surface area (Å²) in [6.45, 7) is 6.87. The molecular formula is C25H32N2O6. The molecule has 4 heterocycles. The molecule has 8 nitrogen and oxygen atoms in total. The highest BCUT2D eigenvalue weighted by atomic mass is 16.5. The van der Waals surface area contributed by atoms with E-state index < -0.39 is 17.4 Å². The molecule has 0 aromatic rings. The highest BCUT2D eigenvalue weighted by Crippen LogP contribution is 2.44. The van der Waals surface area contributed by atoms with Crippen molar-refractivity contribution in [2.24, 2.45) is 11.3 Å². The van der Waals surface area contributed by atoms with Gasteiger partial charge in [0.1, 0.15) is 19.0 Å². The number of amides is 1. The predicted octanol–water partition coefficient (Wildman–Crippen LogP) is 1.70. The molecule has 0 aromatic carbocycles. The van der Waals surface area contributed by atoms with Crippen molar-refractivity contribution in [3.63, 3.8) is 0 Å². The molecule has 8 heteroatoms. The number of Topliss-reactive ketones (excluding diaryl/α,β-unsaturated/α-hetero) is 1. The van der Waals surface area contributed by atoms with E-state index in [1.54, 1.807) is 18.1 Å². The molecule has 0 bridgehead atoms. The molecule has 5 rings (SSSR count). The van der Waals surface area contributed by atoms with Gasteiger partial charge in [0.2, 0.25) is 5.91 Å². The lowest BCUT2D eigenvalue weighted by atomic mass is 9.75. The van der Waals surface area contributed by atoms with E-state index in [2.05, 4.69) is 4.90 Å². The molecule has 0 saturated carbocycles. The lowest BCUT2D eigenvalue weighted by molar-refractivity contribution is -0.138. The zero-order valence-electron chi connectivity index (χ0n) is 19.4. The second-order valence-electron chi connectivity index (χ2n) is 9.94. The first-order chi connectivity index (χ1) is 15.8. The summed E-state index contributed by atoms with van der Waals surface area (Å²) in [6.07, 6.45) is 4.18. The molecule has 1 spiro atoms. The van der Waals surface area contributed by atoms with Crippen molar-refractivity contribution >= 4 is 17.7 Å². The van der Waals surface area contributed by atoms with Crippen LogP contribution in [0.3, 0.4) is 0 Å². The number of fused-ring (bicyclic) bond motifs is 1. The number of aliphatic hydroxyl groups is 1. The third-order valence-electron chi connectivity index (χ3n) is 8.26. The van der Waals surface area contributed by atoms with Crippen molar-refractivity contribution in [1.82, 2.24) is 9.80 Å². The standard InChI is InChI=1S/C25H32N2O6/c1-3-17-18-13-32-12-16(18)10-20(28)22(17)21(29)11-26-7-4-25(5-8-26)6-9-27(24(25)31)19-14-33-23(30)15(19)2/h12,21-22,29H,3-11,13-14H2,1-2H3. The fourth-order valence-electron chi connectivity index (χ4n) is 6.22. The van der Waals surface area contributed by atoms with Crippen molar-refractivity contribution in [2.45, 2.75) is 52.1 Å². The maximum absolute atomic E-state index is 13.3. The monoisotopic (exact) mass is 456 g/mol. The lowest BCUT2D eigenvalue weighted by Crippen LogP contribution is -2.48. The molecule has 0 aromatic heterocycles. The third kappa shape index (κ3) is 3.64. The molecule has 2 atom stereocenters. The summed E-state index contributed by atoms with van der Waals surface area (Å²) in [5.74, 6) is -0.658. The number of rotatable bonds is 5. The molecular weight excluding hydrogens is 424 g/mol. The summed E-state index contributed by atoms with van der Waals surface area (Å²) in [4.78, 5) is 41.8. The van der Waals surface area contributed by atoms with Gasteiger partial charge in [-0.1, -0.05) is 12.5 Å². The Kier molecular flexibility index (Phi) is 5.69. The summed E-state index contributed by atoms with van der Waals surface area (Å²) < 4.78 is 10.5. The Morgan fingerprint density at radius 3 is 2.55 bits per heavy atom. The molecule has 1 aliphatic carbocycles. The molecule has 4 aliphatic heterocycles. The third-order valence-corrected chi connectivity index (χ3v) is 8.26. The first-order valence-electron chi connectivity index (χ1n) is 12.0. The predicted molar refractivity (Wildman–Crippen MR) is 119 cm³/mol. The van der Waals surface area contributed by atoms with Crippen LogP contribution in [0.5, 0.6) is 0 Å². The fourth-order valence-corrected chi connectivity index (χ4v) is 6.22. The summed E-state index contributed by atoms with van der Waals surface area (Å²) in [5, 5.41) is 11.1. The van der Waals surface area contributed by atoms with Crippen molar-refractivity contribution in [2.75, 3.05) is 39.4 Å². The van der Waals surface area contributed by atoms with Gasteiger partial charge >= 0.3 is 5.97 Å². The number of ketones is 1. The van der Waals surface area contributed by atoms with Crippen LogP contribution >= 0.6 is 0 Å². The number of esters is 1. The van der Waals surface area contributed by atoms with E-state index in [1.165, 1.54) is 0 Å².